The van der Waals surface area contributed by atoms with Gasteiger partial charge in [0.1, 0.15) is 37.9 Å². The number of rotatable bonds is 17. The molecule has 28 nitrogen and oxygen atoms in total. The Hall–Kier alpha value is -6.57. The van der Waals surface area contributed by atoms with E-state index in [0.717, 1.165) is 24.3 Å². The molecule has 0 saturated carbocycles. The molecule has 0 fully saturated rings. The van der Waals surface area contributed by atoms with Crippen molar-refractivity contribution in [3.63, 3.8) is 0 Å². The molecule has 0 saturated heterocycles. The first-order valence-electron chi connectivity index (χ1n) is 22.1. The molecule has 0 aliphatic heterocycles. The van der Waals surface area contributed by atoms with E-state index in [2.05, 4.69) is 35.7 Å². The van der Waals surface area contributed by atoms with Crippen LogP contribution in [0.4, 0.5) is 45.5 Å². The first-order chi connectivity index (χ1) is 37.5. The van der Waals surface area contributed by atoms with Crippen molar-refractivity contribution in [2.24, 2.45) is 25.6 Å². The minimum atomic E-state index is -5.54. The van der Waals surface area contributed by atoms with Gasteiger partial charge in [-0.1, -0.05) is 41.6 Å². The van der Waals surface area contributed by atoms with E-state index in [1.165, 1.54) is 80.9 Å². The van der Waals surface area contributed by atoms with E-state index >= 15 is 0 Å². The maximum Gasteiger partial charge on any atom is 1.00 e. The SMILES string of the molecule is COc1cc(-c2ccc(NN=C3C(=O)c4c(cc(S(=O)(=O)O)cc4NS(=O)(=O)c4ccc(C)cc4)C=C3S(=O)(=O)O)c(OC)c2)ccc1N=Nc1c(S(=O)(=O)[O-])cc2c(N=Nc3ccc([N+](=O)[O-])cc3C(=O)[O-])c(N)ccc2c1[O-].[Na+].[Na+].[Na+]. The number of nitrogens with one attached hydrogen (secondary N) is 2. The number of sulfonamides is 1. The monoisotopic (exact) mass is 1240 g/mol. The van der Waals surface area contributed by atoms with Gasteiger partial charge in [0, 0.05) is 23.1 Å². The number of fused-ring (bicyclic) bond motifs is 2. The van der Waals surface area contributed by atoms with Gasteiger partial charge in [-0.05, 0) is 102 Å². The van der Waals surface area contributed by atoms with Crippen molar-refractivity contribution in [3.05, 3.63) is 146 Å². The molecule has 6 N–H and O–H groups in total. The summed E-state index contributed by atoms with van der Waals surface area (Å²) in [5, 5.41) is 55.7. The van der Waals surface area contributed by atoms with Gasteiger partial charge >= 0.3 is 88.7 Å². The number of anilines is 3. The Kier molecular flexibility index (Phi) is 21.2. The molecule has 8 rings (SSSR count). The topological polar surface area (TPSA) is 454 Å². The van der Waals surface area contributed by atoms with Crippen LogP contribution in [0.15, 0.2) is 154 Å². The van der Waals surface area contributed by atoms with Crippen LogP contribution in [-0.2, 0) is 40.4 Å². The summed E-state index contributed by atoms with van der Waals surface area (Å²) in [5.74, 6) is -4.37. The minimum Gasteiger partial charge on any atom is -0.871 e. The predicted octanol–water partition coefficient (Wildman–Crippen LogP) is -2.55. The van der Waals surface area contributed by atoms with E-state index in [4.69, 9.17) is 15.2 Å². The van der Waals surface area contributed by atoms with Crippen molar-refractivity contribution in [2.45, 2.75) is 21.6 Å². The third-order valence-electron chi connectivity index (χ3n) is 11.7. The van der Waals surface area contributed by atoms with Crippen LogP contribution in [-0.4, -0.2) is 83.9 Å². The second kappa shape index (κ2) is 26.1. The van der Waals surface area contributed by atoms with Crippen LogP contribution >= 0.6 is 0 Å². The Bertz CT molecular complexity index is 4450. The maximum absolute atomic E-state index is 14.2. The van der Waals surface area contributed by atoms with Gasteiger partial charge in [0.05, 0.1) is 73.8 Å². The number of hydrazone groups is 1. The van der Waals surface area contributed by atoms with Crippen molar-refractivity contribution < 1.29 is 170 Å². The molecule has 412 valence electrons. The van der Waals surface area contributed by atoms with Crippen molar-refractivity contribution in [1.29, 1.82) is 0 Å². The summed E-state index contributed by atoms with van der Waals surface area (Å²) in [5.41, 5.74) is 3.65. The van der Waals surface area contributed by atoms with E-state index in [-0.39, 0.29) is 133 Å². The second-order valence-corrected chi connectivity index (χ2v) is 22.6. The third kappa shape index (κ3) is 14.5. The van der Waals surface area contributed by atoms with Gasteiger partial charge in [0.2, 0.25) is 5.78 Å². The number of allylic oxidation sites excluding steroid dienone is 1. The van der Waals surface area contributed by atoms with Gasteiger partial charge < -0.3 is 34.8 Å². The smallest absolute Gasteiger partial charge is 0.871 e. The van der Waals surface area contributed by atoms with Gasteiger partial charge in [0.25, 0.3) is 35.9 Å². The summed E-state index contributed by atoms with van der Waals surface area (Å²) >= 11 is 0. The number of methoxy groups -OCH3 is 2. The standard InChI is InChI=1S/C48H37N9O19S4.3Na/c1-23-4-9-28(10-5-23)77(64,65)56-37-21-29(78(66,67)68)16-26-19-40(79(69,70)71)45(47(59)42(26)37)55-52-36-14-7-25(18-39(36)76-3)24-6-13-35(38(17-24)75-2)51-54-44-41(80(72,73)74)22-31-30(46(44)58)11-12-33(49)43(31)53-50-34-15-8-27(57(62)63)20-32(34)48(60)61;;;/h4-22,52,56,58H,49H2,1-3H3,(H,60,61)(H,66,67,68)(H,69,70,71)(H,72,73,74);;;/q;3*+1/p-3. The molecule has 0 unspecified atom stereocenters. The fourth-order valence-electron chi connectivity index (χ4n) is 7.82. The number of carboxylic acids is 1. The molecule has 0 heterocycles. The summed E-state index contributed by atoms with van der Waals surface area (Å²) in [7, 11) is -18.1. The van der Waals surface area contributed by atoms with Crippen LogP contribution in [0.25, 0.3) is 28.0 Å². The van der Waals surface area contributed by atoms with Gasteiger partial charge in [-0.3, -0.25) is 34.2 Å². The van der Waals surface area contributed by atoms with Gasteiger partial charge in [-0.25, -0.2) is 16.8 Å². The van der Waals surface area contributed by atoms with E-state index in [1.807, 2.05) is 0 Å². The number of non-ortho nitro benzene ring substituents is 1. The van der Waals surface area contributed by atoms with Crippen molar-refractivity contribution in [2.75, 3.05) is 30.1 Å². The second-order valence-electron chi connectivity index (χ2n) is 16.8. The van der Waals surface area contributed by atoms with Crippen LogP contribution < -0.4 is 124 Å². The number of ether oxygens (including phenoxy) is 2. The molecular formula is C48H34N9Na3O19S4. The fraction of sp³-hybridized carbons (Fsp3) is 0.0625. The van der Waals surface area contributed by atoms with Crippen molar-refractivity contribution in [3.8, 4) is 28.4 Å². The molecule has 1 aliphatic carbocycles. The zero-order chi connectivity index (χ0) is 58.4. The average Bonchev–Trinajstić information content (AvgIpc) is 3.40. The molecule has 7 aromatic carbocycles. The number of benzene rings is 7. The molecule has 7 aromatic rings. The Morgan fingerprint density at radius 3 is 1.88 bits per heavy atom. The molecule has 0 aromatic heterocycles. The van der Waals surface area contributed by atoms with E-state index < -0.39 is 128 Å². The summed E-state index contributed by atoms with van der Waals surface area (Å²) in [6.07, 6.45) is 0.642. The molecular weight excluding hydrogens is 1200 g/mol. The van der Waals surface area contributed by atoms with Crippen LogP contribution in [0.5, 0.6) is 17.2 Å². The number of nitrogen functional groups attached to an aromatic ring is 1. The summed E-state index contributed by atoms with van der Waals surface area (Å²) in [4.78, 5) is 32.7. The number of Topliss-reactive ketones (excluding diaryl/α,β-unsaturated/α-hetero) is 1. The zero-order valence-corrected chi connectivity index (χ0v) is 53.0. The van der Waals surface area contributed by atoms with E-state index in [1.54, 1.807) is 6.92 Å². The number of nitro groups is 1. The van der Waals surface area contributed by atoms with Gasteiger partial charge in [-0.2, -0.15) is 21.9 Å². The van der Waals surface area contributed by atoms with Crippen molar-refractivity contribution in [1.82, 2.24) is 0 Å². The number of nitrogens with zero attached hydrogens (tertiary/aromatic N) is 6. The number of aromatic carboxylic acids is 1. The number of nitrogens with two attached hydrogens (primary N) is 1. The Labute approximate surface area is 536 Å². The summed E-state index contributed by atoms with van der Waals surface area (Å²) in [6, 6.07) is 20.8. The van der Waals surface area contributed by atoms with Crippen LogP contribution in [0.1, 0.15) is 31.8 Å². The number of carboxylic acid groups (broad SMARTS) is 1. The first-order valence-corrected chi connectivity index (χ1v) is 27.8. The van der Waals surface area contributed by atoms with Crippen LogP contribution in [0.2, 0.25) is 0 Å². The molecule has 0 bridgehead atoms. The zero-order valence-electron chi connectivity index (χ0n) is 43.7. The molecule has 35 heteroatoms. The minimum absolute atomic E-state index is 0. The fourth-order valence-corrected chi connectivity index (χ4v) is 10.7. The molecule has 83 heavy (non-hydrogen) atoms. The Balaban J connectivity index is 0.00000420. The average molecular weight is 1240 g/mol. The maximum atomic E-state index is 14.2. The molecule has 1 aliphatic rings. The van der Waals surface area contributed by atoms with E-state index in [0.29, 0.717) is 41.0 Å². The number of hydrogen-bond acceptors (Lipinski definition) is 24. The molecule has 0 radical (unpaired) electrons. The Morgan fingerprint density at radius 2 is 1.29 bits per heavy atom. The molecule has 0 atom stereocenters. The number of ketones is 1. The largest absolute Gasteiger partial charge is 1.00 e. The van der Waals surface area contributed by atoms with E-state index in [9.17, 15) is 77.2 Å². The molecule has 0 amide bonds. The number of hydrogen-bond donors (Lipinski definition) is 5. The number of carbonyl (C=O) groups excluding carboxylic acids is 2. The summed E-state index contributed by atoms with van der Waals surface area (Å²) in [6.45, 7) is 1.68. The number of azo groups is 2. The van der Waals surface area contributed by atoms with Crippen molar-refractivity contribution >= 4 is 120 Å². The quantitative estimate of drug-likeness (QED) is 0.0156. The number of aryl methyl sites for hydroxylation is 1. The third-order valence-corrected chi connectivity index (χ3v) is 15.6. The predicted molar refractivity (Wildman–Crippen MR) is 280 cm³/mol. The van der Waals surface area contributed by atoms with Gasteiger partial charge in [-0.15, -0.1) is 20.5 Å². The first kappa shape index (κ1) is 67.2. The number of nitro benzene ring substituents is 1. The van der Waals surface area contributed by atoms with Crippen LogP contribution in [0, 0.1) is 17.0 Å². The van der Waals surface area contributed by atoms with Gasteiger partial charge in [0.15, 0.2) is 5.71 Å². The van der Waals surface area contributed by atoms with Crippen LogP contribution in [0.3, 0.4) is 0 Å². The Morgan fingerprint density at radius 1 is 0.687 bits per heavy atom. The number of carbonyl (C=O) groups is 2. The molecule has 0 spiro atoms. The summed E-state index contributed by atoms with van der Waals surface area (Å²) < 4.78 is 148. The normalized spacial score (nSPS) is 13.1.